The van der Waals surface area contributed by atoms with Crippen molar-refractivity contribution in [2.75, 3.05) is 13.1 Å². The minimum absolute atomic E-state index is 0.0121. The van der Waals surface area contributed by atoms with E-state index in [4.69, 9.17) is 4.74 Å². The van der Waals surface area contributed by atoms with Crippen molar-refractivity contribution in [3.8, 4) is 0 Å². The summed E-state index contributed by atoms with van der Waals surface area (Å²) in [5.41, 5.74) is 1.49. The predicted octanol–water partition coefficient (Wildman–Crippen LogP) is 2.35. The summed E-state index contributed by atoms with van der Waals surface area (Å²) in [7, 11) is 0. The second-order valence-electron chi connectivity index (χ2n) is 8.07. The van der Waals surface area contributed by atoms with Gasteiger partial charge in [0.05, 0.1) is 17.3 Å². The molecule has 1 unspecified atom stereocenters. The van der Waals surface area contributed by atoms with Crippen LogP contribution < -0.4 is 15.9 Å². The van der Waals surface area contributed by atoms with E-state index in [0.29, 0.717) is 29.8 Å². The third kappa shape index (κ3) is 4.47. The van der Waals surface area contributed by atoms with Gasteiger partial charge in [0.2, 0.25) is 0 Å². The van der Waals surface area contributed by atoms with Crippen LogP contribution in [0, 0.1) is 6.92 Å². The number of rotatable bonds is 7. The zero-order chi connectivity index (χ0) is 21.2. The summed E-state index contributed by atoms with van der Waals surface area (Å²) in [6.07, 6.45) is 8.29. The van der Waals surface area contributed by atoms with Crippen molar-refractivity contribution in [2.24, 2.45) is 4.99 Å². The second kappa shape index (κ2) is 8.31. The van der Waals surface area contributed by atoms with Crippen LogP contribution in [0.5, 0.6) is 0 Å². The second-order valence-corrected chi connectivity index (χ2v) is 8.07. The highest BCUT2D eigenvalue weighted by molar-refractivity contribution is 5.96. The molecule has 0 radical (unpaired) electrons. The molecule has 1 saturated heterocycles. The van der Waals surface area contributed by atoms with Gasteiger partial charge in [-0.2, -0.15) is 0 Å². The van der Waals surface area contributed by atoms with Crippen LogP contribution >= 0.6 is 0 Å². The van der Waals surface area contributed by atoms with Gasteiger partial charge in [0.15, 0.2) is 0 Å². The van der Waals surface area contributed by atoms with E-state index in [9.17, 15) is 4.79 Å². The number of H-pyrrole nitrogens is 1. The van der Waals surface area contributed by atoms with Gasteiger partial charge >= 0.3 is 0 Å². The van der Waals surface area contributed by atoms with E-state index in [1.807, 2.05) is 31.7 Å². The Kier molecular flexibility index (Phi) is 6.01. The van der Waals surface area contributed by atoms with Crippen molar-refractivity contribution >= 4 is 24.5 Å². The first-order valence-electron chi connectivity index (χ1n) is 10.2. The molecule has 0 bridgehead atoms. The van der Waals surface area contributed by atoms with Crippen molar-refractivity contribution in [1.29, 1.82) is 0 Å². The number of hydrogen-bond donors (Lipinski definition) is 2. The molecule has 156 valence electrons. The molecule has 1 aromatic rings. The minimum atomic E-state index is -0.0225. The fourth-order valence-corrected chi connectivity index (χ4v) is 3.70. The highest BCUT2D eigenvalue weighted by atomic mass is 16.5. The molecule has 6 heteroatoms. The number of amides is 1. The molecule has 1 atom stereocenters. The molecule has 2 heterocycles. The van der Waals surface area contributed by atoms with E-state index < -0.39 is 0 Å². The molecular formula is C23H32N4O2. The standard InChI is InChI=1S/C23H32N4O2/c1-7-17(8-2)29-18-10-13-27(14-18)22(28)20-16(5)25-15(4)19(20)21(24-9-3)26-23(6)11-12-23/h7-9,18,25-26H,1,4,10-14H2,2-3,5-6H3/b17-8+,21-19-,24-9?. The maximum Gasteiger partial charge on any atom is 0.256 e. The summed E-state index contributed by atoms with van der Waals surface area (Å²) in [6, 6.07) is 0. The van der Waals surface area contributed by atoms with Crippen molar-refractivity contribution < 1.29 is 9.53 Å². The Labute approximate surface area is 172 Å². The number of nitrogens with zero attached hydrogens (tertiary/aromatic N) is 2. The number of ether oxygens (including phenoxy) is 1. The first-order chi connectivity index (χ1) is 13.8. The summed E-state index contributed by atoms with van der Waals surface area (Å²) in [5.74, 6) is 1.44. The lowest BCUT2D eigenvalue weighted by molar-refractivity contribution is 0.0744. The SMILES string of the molecule is C=C/C(=C\C)OC1CCN(C(=O)c2c(C)[nH]c(=C)/c2=C(\N=CC)NC2(C)CC2)C1. The molecule has 1 aromatic heterocycles. The van der Waals surface area contributed by atoms with Gasteiger partial charge in [0.1, 0.15) is 17.7 Å². The molecule has 1 aliphatic carbocycles. The number of carbonyl (C=O) groups excluding carboxylic acids is 1. The Morgan fingerprint density at radius 1 is 1.41 bits per heavy atom. The van der Waals surface area contributed by atoms with Gasteiger partial charge in [-0.15, -0.1) is 0 Å². The average Bonchev–Trinajstić information content (AvgIpc) is 3.11. The van der Waals surface area contributed by atoms with E-state index in [0.717, 1.165) is 35.9 Å². The molecule has 2 N–H and O–H groups in total. The van der Waals surface area contributed by atoms with Crippen LogP contribution in [0.25, 0.3) is 12.4 Å². The van der Waals surface area contributed by atoms with Crippen LogP contribution in [-0.2, 0) is 4.74 Å². The number of allylic oxidation sites excluding steroid dienone is 2. The molecule has 2 aliphatic rings. The molecule has 29 heavy (non-hydrogen) atoms. The summed E-state index contributed by atoms with van der Waals surface area (Å²) in [5, 5.41) is 4.99. The molecule has 0 spiro atoms. The molecule has 3 rings (SSSR count). The fourth-order valence-electron chi connectivity index (χ4n) is 3.70. The van der Waals surface area contributed by atoms with Crippen molar-refractivity contribution in [2.45, 2.75) is 58.6 Å². The zero-order valence-electron chi connectivity index (χ0n) is 18.0. The Morgan fingerprint density at radius 3 is 2.72 bits per heavy atom. The van der Waals surface area contributed by atoms with Crippen LogP contribution in [0.3, 0.4) is 0 Å². The summed E-state index contributed by atoms with van der Waals surface area (Å²) in [4.78, 5) is 23.1. The highest BCUT2D eigenvalue weighted by Gasteiger charge is 2.38. The van der Waals surface area contributed by atoms with Gasteiger partial charge in [0, 0.05) is 35.8 Å². The largest absolute Gasteiger partial charge is 0.489 e. The van der Waals surface area contributed by atoms with Crippen LogP contribution in [0.4, 0.5) is 0 Å². The number of carbonyl (C=O) groups is 1. The Hall–Kier alpha value is -2.76. The third-order valence-electron chi connectivity index (χ3n) is 5.61. The maximum absolute atomic E-state index is 13.5. The van der Waals surface area contributed by atoms with Crippen LogP contribution in [-0.4, -0.2) is 46.7 Å². The highest BCUT2D eigenvalue weighted by Crippen LogP contribution is 2.35. The van der Waals surface area contributed by atoms with Gasteiger partial charge in [-0.25, -0.2) is 4.99 Å². The topological polar surface area (TPSA) is 69.7 Å². The Morgan fingerprint density at radius 2 is 2.14 bits per heavy atom. The van der Waals surface area contributed by atoms with Crippen LogP contribution in [0.2, 0.25) is 0 Å². The summed E-state index contributed by atoms with van der Waals surface area (Å²) in [6.45, 7) is 17.0. The molecular weight excluding hydrogens is 364 g/mol. The first-order valence-corrected chi connectivity index (χ1v) is 10.2. The van der Waals surface area contributed by atoms with E-state index in [1.165, 1.54) is 0 Å². The lowest BCUT2D eigenvalue weighted by atomic mass is 10.1. The maximum atomic E-state index is 13.5. The van der Waals surface area contributed by atoms with Gasteiger partial charge in [-0.3, -0.25) is 4.79 Å². The normalized spacial score (nSPS) is 22.0. The number of aliphatic imine (C=N–C) groups is 1. The molecule has 0 aromatic carbocycles. The van der Waals surface area contributed by atoms with Gasteiger partial charge in [-0.1, -0.05) is 13.2 Å². The first kappa shape index (κ1) is 21.0. The van der Waals surface area contributed by atoms with Crippen molar-refractivity contribution in [1.82, 2.24) is 15.2 Å². The predicted molar refractivity (Wildman–Crippen MR) is 118 cm³/mol. The van der Waals surface area contributed by atoms with E-state index in [-0.39, 0.29) is 17.6 Å². The number of likely N-dealkylation sites (tertiary alicyclic amines) is 1. The quantitative estimate of drug-likeness (QED) is 0.422. The average molecular weight is 397 g/mol. The van der Waals surface area contributed by atoms with E-state index in [2.05, 4.69) is 35.4 Å². The fraction of sp³-hybridized carbons (Fsp3) is 0.478. The third-order valence-corrected chi connectivity index (χ3v) is 5.61. The van der Waals surface area contributed by atoms with Crippen LogP contribution in [0.15, 0.2) is 29.5 Å². The molecule has 1 saturated carbocycles. The number of hydrogen-bond acceptors (Lipinski definition) is 4. The van der Waals surface area contributed by atoms with Gasteiger partial charge in [0.25, 0.3) is 5.91 Å². The zero-order valence-corrected chi connectivity index (χ0v) is 18.0. The lowest BCUT2D eigenvalue weighted by Crippen LogP contribution is -2.40. The monoisotopic (exact) mass is 396 g/mol. The van der Waals surface area contributed by atoms with Gasteiger partial charge < -0.3 is 19.9 Å². The van der Waals surface area contributed by atoms with Gasteiger partial charge in [-0.05, 0) is 52.7 Å². The lowest BCUT2D eigenvalue weighted by Gasteiger charge is -2.18. The number of nitrogens with one attached hydrogen (secondary N) is 2. The summed E-state index contributed by atoms with van der Waals surface area (Å²) >= 11 is 0. The molecule has 1 aliphatic heterocycles. The molecule has 2 fully saturated rings. The Bertz CT molecular complexity index is 966. The summed E-state index contributed by atoms with van der Waals surface area (Å²) < 4.78 is 5.94. The Balaban J connectivity index is 1.93. The van der Waals surface area contributed by atoms with E-state index >= 15 is 0 Å². The van der Waals surface area contributed by atoms with Crippen molar-refractivity contribution in [3.63, 3.8) is 0 Å². The molecule has 6 nitrogen and oxygen atoms in total. The van der Waals surface area contributed by atoms with Crippen molar-refractivity contribution in [3.05, 3.63) is 46.3 Å². The van der Waals surface area contributed by atoms with Crippen LogP contribution in [0.1, 0.15) is 56.1 Å². The smallest absolute Gasteiger partial charge is 0.256 e. The number of aryl methyl sites for hydroxylation is 1. The van der Waals surface area contributed by atoms with E-state index in [1.54, 1.807) is 12.3 Å². The number of aromatic amines is 1. The number of aromatic nitrogens is 1. The minimum Gasteiger partial charge on any atom is -0.489 e. The molecule has 1 amide bonds.